The highest BCUT2D eigenvalue weighted by Crippen LogP contribution is 2.32. The average Bonchev–Trinajstić information content (AvgIpc) is 3.12. The van der Waals surface area contributed by atoms with E-state index in [0.717, 1.165) is 11.3 Å². The Kier molecular flexibility index (Phi) is 6.66. The molecular weight excluding hydrogens is 404 g/mol. The maximum atomic E-state index is 12.5. The lowest BCUT2D eigenvalue weighted by Gasteiger charge is -2.11. The number of carbonyl (C=O) groups excluding carboxylic acids is 2. The Bertz CT molecular complexity index is 1050. The van der Waals surface area contributed by atoms with Crippen LogP contribution in [0.25, 0.3) is 0 Å². The molecule has 0 fully saturated rings. The van der Waals surface area contributed by atoms with Crippen LogP contribution < -0.4 is 10.6 Å². The largest absolute Gasteiger partial charge is 0.330 e. The van der Waals surface area contributed by atoms with Crippen LogP contribution in [-0.4, -0.2) is 27.1 Å². The molecule has 2 aromatic carbocycles. The van der Waals surface area contributed by atoms with Gasteiger partial charge in [0.25, 0.3) is 0 Å². The molecule has 0 radical (unpaired) electrons. The first-order valence-corrected chi connectivity index (χ1v) is 10.8. The number of thioether (sulfide) groups is 1. The number of Topliss-reactive ketones (excluding diaryl/α,β-unsaturated/α-hetero) is 1. The van der Waals surface area contributed by atoms with Crippen molar-refractivity contribution in [2.45, 2.75) is 37.3 Å². The third-order valence-corrected chi connectivity index (χ3v) is 6.46. The van der Waals surface area contributed by atoms with Gasteiger partial charge in [0.05, 0.1) is 5.25 Å². The van der Waals surface area contributed by atoms with Crippen LogP contribution in [0.3, 0.4) is 0 Å². The normalized spacial score (nSPS) is 11.7. The van der Waals surface area contributed by atoms with E-state index in [9.17, 15) is 9.59 Å². The van der Waals surface area contributed by atoms with E-state index in [4.69, 9.17) is 0 Å². The van der Waals surface area contributed by atoms with Gasteiger partial charge in [-0.1, -0.05) is 47.4 Å². The summed E-state index contributed by atoms with van der Waals surface area (Å²) in [5, 5.41) is 14.8. The zero-order valence-corrected chi connectivity index (χ0v) is 18.3. The van der Waals surface area contributed by atoms with Crippen LogP contribution in [0.15, 0.2) is 46.8 Å². The summed E-state index contributed by atoms with van der Waals surface area (Å²) < 4.78 is 0.706. The molecule has 0 saturated heterocycles. The molecule has 6 nitrogen and oxygen atoms in total. The molecular formula is C21H22N4O2S2. The average molecular weight is 427 g/mol. The van der Waals surface area contributed by atoms with Crippen LogP contribution in [0.5, 0.6) is 0 Å². The van der Waals surface area contributed by atoms with E-state index < -0.39 is 0 Å². The second-order valence-corrected chi connectivity index (χ2v) is 9.20. The van der Waals surface area contributed by atoms with E-state index in [2.05, 4.69) is 40.7 Å². The van der Waals surface area contributed by atoms with Crippen molar-refractivity contribution >= 4 is 51.3 Å². The van der Waals surface area contributed by atoms with Gasteiger partial charge in [0.1, 0.15) is 0 Å². The monoisotopic (exact) mass is 426 g/mol. The molecule has 150 valence electrons. The van der Waals surface area contributed by atoms with Gasteiger partial charge in [-0.2, -0.15) is 0 Å². The Morgan fingerprint density at radius 1 is 1.10 bits per heavy atom. The predicted octanol–water partition coefficient (Wildman–Crippen LogP) is 5.22. The van der Waals surface area contributed by atoms with E-state index in [1.54, 1.807) is 24.3 Å². The van der Waals surface area contributed by atoms with Gasteiger partial charge in [0.15, 0.2) is 10.1 Å². The molecule has 0 aliphatic carbocycles. The zero-order valence-electron chi connectivity index (χ0n) is 16.6. The number of aryl methyl sites for hydroxylation is 1. The predicted molar refractivity (Wildman–Crippen MR) is 120 cm³/mol. The van der Waals surface area contributed by atoms with E-state index >= 15 is 0 Å². The highest BCUT2D eigenvalue weighted by Gasteiger charge is 2.18. The SMILES string of the molecule is CC(=O)c1cccc(NC(=O)C(C)Sc2nnc(Nc3cccc(C)c3C)s2)c1. The molecule has 0 spiro atoms. The van der Waals surface area contributed by atoms with Gasteiger partial charge in [-0.3, -0.25) is 9.59 Å². The molecule has 1 amide bonds. The number of rotatable bonds is 7. The van der Waals surface area contributed by atoms with Crippen molar-refractivity contribution in [2.24, 2.45) is 0 Å². The summed E-state index contributed by atoms with van der Waals surface area (Å²) in [5.74, 6) is -0.198. The van der Waals surface area contributed by atoms with E-state index in [1.165, 1.54) is 35.6 Å². The summed E-state index contributed by atoms with van der Waals surface area (Å²) in [6.07, 6.45) is 0. The van der Waals surface area contributed by atoms with Crippen molar-refractivity contribution in [2.75, 3.05) is 10.6 Å². The van der Waals surface area contributed by atoms with Gasteiger partial charge >= 0.3 is 0 Å². The lowest BCUT2D eigenvalue weighted by molar-refractivity contribution is -0.115. The number of nitrogens with zero attached hydrogens (tertiary/aromatic N) is 2. The lowest BCUT2D eigenvalue weighted by atomic mass is 10.1. The van der Waals surface area contributed by atoms with Crippen molar-refractivity contribution in [3.8, 4) is 0 Å². The standard InChI is InChI=1S/C21H22N4O2S2/c1-12-7-5-10-18(13(12)2)23-20-24-25-21(29-20)28-15(4)19(27)22-17-9-6-8-16(11-17)14(3)26/h5-11,15H,1-4H3,(H,22,27)(H,23,24). The van der Waals surface area contributed by atoms with Crippen molar-refractivity contribution in [3.05, 3.63) is 59.2 Å². The second-order valence-electron chi connectivity index (χ2n) is 6.63. The molecule has 0 aliphatic rings. The molecule has 3 rings (SSSR count). The first-order valence-electron chi connectivity index (χ1n) is 9.08. The number of anilines is 3. The smallest absolute Gasteiger partial charge is 0.237 e. The summed E-state index contributed by atoms with van der Waals surface area (Å²) in [7, 11) is 0. The Morgan fingerprint density at radius 2 is 1.86 bits per heavy atom. The van der Waals surface area contributed by atoms with Gasteiger partial charge in [-0.25, -0.2) is 0 Å². The fraction of sp³-hybridized carbons (Fsp3) is 0.238. The number of ketones is 1. The topological polar surface area (TPSA) is 84.0 Å². The molecule has 29 heavy (non-hydrogen) atoms. The molecule has 1 heterocycles. The van der Waals surface area contributed by atoms with Gasteiger partial charge in [0, 0.05) is 16.9 Å². The second kappa shape index (κ2) is 9.19. The van der Waals surface area contributed by atoms with Crippen molar-refractivity contribution < 1.29 is 9.59 Å². The Morgan fingerprint density at radius 3 is 2.62 bits per heavy atom. The lowest BCUT2D eigenvalue weighted by Crippen LogP contribution is -2.22. The number of amides is 1. The van der Waals surface area contributed by atoms with Crippen LogP contribution in [-0.2, 0) is 4.79 Å². The van der Waals surface area contributed by atoms with Crippen LogP contribution in [0.1, 0.15) is 35.3 Å². The van der Waals surface area contributed by atoms with Crippen molar-refractivity contribution in [1.82, 2.24) is 10.2 Å². The van der Waals surface area contributed by atoms with Gasteiger partial charge < -0.3 is 10.6 Å². The third-order valence-electron chi connectivity index (χ3n) is 4.44. The van der Waals surface area contributed by atoms with E-state index in [0.29, 0.717) is 20.7 Å². The molecule has 2 N–H and O–H groups in total. The fourth-order valence-corrected chi connectivity index (χ4v) is 4.48. The summed E-state index contributed by atoms with van der Waals surface area (Å²) in [6.45, 7) is 7.43. The number of benzene rings is 2. The van der Waals surface area contributed by atoms with Crippen molar-refractivity contribution in [1.29, 1.82) is 0 Å². The van der Waals surface area contributed by atoms with Gasteiger partial charge in [0.2, 0.25) is 11.0 Å². The number of nitrogens with one attached hydrogen (secondary N) is 2. The first kappa shape index (κ1) is 21.0. The Labute approximate surface area is 178 Å². The maximum absolute atomic E-state index is 12.5. The number of carbonyl (C=O) groups is 2. The summed E-state index contributed by atoms with van der Waals surface area (Å²) in [6, 6.07) is 13.0. The van der Waals surface area contributed by atoms with Crippen LogP contribution in [0, 0.1) is 13.8 Å². The molecule has 3 aromatic rings. The molecule has 1 atom stereocenters. The molecule has 1 aromatic heterocycles. The highest BCUT2D eigenvalue weighted by atomic mass is 32.2. The van der Waals surface area contributed by atoms with Crippen LogP contribution in [0.2, 0.25) is 0 Å². The summed E-state index contributed by atoms with van der Waals surface area (Å²) in [5.41, 5.74) is 4.53. The quantitative estimate of drug-likeness (QED) is 0.398. The number of hydrogen-bond donors (Lipinski definition) is 2. The van der Waals surface area contributed by atoms with Crippen LogP contribution in [0.4, 0.5) is 16.5 Å². The summed E-state index contributed by atoms with van der Waals surface area (Å²) >= 11 is 2.75. The van der Waals surface area contributed by atoms with Gasteiger partial charge in [-0.15, -0.1) is 10.2 Å². The minimum Gasteiger partial charge on any atom is -0.330 e. The maximum Gasteiger partial charge on any atom is 0.237 e. The third kappa shape index (κ3) is 5.42. The molecule has 8 heteroatoms. The molecule has 1 unspecified atom stereocenters. The fourth-order valence-electron chi connectivity index (χ4n) is 2.57. The highest BCUT2D eigenvalue weighted by molar-refractivity contribution is 8.02. The van der Waals surface area contributed by atoms with E-state index in [-0.39, 0.29) is 16.9 Å². The van der Waals surface area contributed by atoms with Gasteiger partial charge in [-0.05, 0) is 57.0 Å². The minimum atomic E-state index is -0.363. The zero-order chi connectivity index (χ0) is 21.0. The Balaban J connectivity index is 1.61. The van der Waals surface area contributed by atoms with Crippen molar-refractivity contribution in [3.63, 3.8) is 0 Å². The molecule has 0 saturated carbocycles. The minimum absolute atomic E-state index is 0.0405. The summed E-state index contributed by atoms with van der Waals surface area (Å²) in [4.78, 5) is 24.0. The Hall–Kier alpha value is -2.71. The van der Waals surface area contributed by atoms with Crippen LogP contribution >= 0.6 is 23.1 Å². The number of hydrogen-bond acceptors (Lipinski definition) is 7. The molecule has 0 aliphatic heterocycles. The van der Waals surface area contributed by atoms with E-state index in [1.807, 2.05) is 19.1 Å². The number of aromatic nitrogens is 2. The first-order chi connectivity index (χ1) is 13.8. The molecule has 0 bridgehead atoms.